The van der Waals surface area contributed by atoms with E-state index in [1.807, 2.05) is 18.2 Å². The third kappa shape index (κ3) is 2.65. The van der Waals surface area contributed by atoms with Gasteiger partial charge in [0.1, 0.15) is 0 Å². The van der Waals surface area contributed by atoms with Crippen LogP contribution in [0, 0.1) is 0 Å². The fourth-order valence-electron chi connectivity index (χ4n) is 3.08. The molecule has 2 heterocycles. The number of amides is 1. The number of hydrogen-bond acceptors (Lipinski definition) is 3. The first-order chi connectivity index (χ1) is 9.24. The van der Waals surface area contributed by atoms with E-state index in [0.717, 1.165) is 44.5 Å². The molecule has 1 aromatic carbocycles. The zero-order valence-corrected chi connectivity index (χ0v) is 11.1. The third-order valence-electron chi connectivity index (χ3n) is 4.28. The summed E-state index contributed by atoms with van der Waals surface area (Å²) in [5.41, 5.74) is 8.15. The number of rotatable bonds is 1. The second-order valence-electron chi connectivity index (χ2n) is 5.57. The molecule has 3 N–H and O–H groups in total. The molecule has 1 fully saturated rings. The number of carbonyl (C=O) groups is 1. The summed E-state index contributed by atoms with van der Waals surface area (Å²) in [6, 6.07) is 8.40. The first-order valence-corrected chi connectivity index (χ1v) is 7.12. The average Bonchev–Trinajstić information content (AvgIpc) is 2.58. The highest BCUT2D eigenvalue weighted by Crippen LogP contribution is 2.25. The Hall–Kier alpha value is -1.39. The zero-order chi connectivity index (χ0) is 13.2. The quantitative estimate of drug-likeness (QED) is 0.800. The second-order valence-corrected chi connectivity index (χ2v) is 5.57. The van der Waals surface area contributed by atoms with Crippen molar-refractivity contribution in [2.45, 2.75) is 37.8 Å². The van der Waals surface area contributed by atoms with Crippen molar-refractivity contribution in [2.24, 2.45) is 5.73 Å². The molecule has 1 atom stereocenters. The zero-order valence-electron chi connectivity index (χ0n) is 11.1. The van der Waals surface area contributed by atoms with Gasteiger partial charge in [0, 0.05) is 24.8 Å². The van der Waals surface area contributed by atoms with E-state index in [4.69, 9.17) is 5.73 Å². The minimum atomic E-state index is -0.0000926. The number of piperidine rings is 1. The average molecular weight is 259 g/mol. The van der Waals surface area contributed by atoms with Crippen molar-refractivity contribution in [3.05, 3.63) is 29.8 Å². The Labute approximate surface area is 114 Å². The fraction of sp³-hybridized carbons (Fsp3) is 0.533. The van der Waals surface area contributed by atoms with E-state index in [0.29, 0.717) is 6.04 Å². The van der Waals surface area contributed by atoms with E-state index < -0.39 is 0 Å². The number of nitrogens with one attached hydrogen (secondary N) is 1. The van der Waals surface area contributed by atoms with Gasteiger partial charge in [0.2, 0.25) is 5.91 Å². The van der Waals surface area contributed by atoms with Crippen LogP contribution in [0.4, 0.5) is 5.69 Å². The highest BCUT2D eigenvalue weighted by atomic mass is 16.2. The van der Waals surface area contributed by atoms with Crippen LogP contribution in [0.5, 0.6) is 0 Å². The molecule has 0 saturated carbocycles. The van der Waals surface area contributed by atoms with Gasteiger partial charge in [-0.2, -0.15) is 0 Å². The van der Waals surface area contributed by atoms with Gasteiger partial charge in [0.05, 0.1) is 6.04 Å². The van der Waals surface area contributed by atoms with E-state index in [1.54, 1.807) is 0 Å². The van der Waals surface area contributed by atoms with Gasteiger partial charge in [-0.05, 0) is 37.3 Å². The summed E-state index contributed by atoms with van der Waals surface area (Å²) >= 11 is 0. The van der Waals surface area contributed by atoms with Crippen molar-refractivity contribution in [1.82, 2.24) is 4.90 Å². The molecule has 1 aromatic rings. The number of benzene rings is 1. The first kappa shape index (κ1) is 12.6. The van der Waals surface area contributed by atoms with Crippen LogP contribution >= 0.6 is 0 Å². The molecule has 1 saturated heterocycles. The normalized spacial score (nSPS) is 25.5. The molecular weight excluding hydrogens is 238 g/mol. The molecule has 0 unspecified atom stereocenters. The van der Waals surface area contributed by atoms with Crippen molar-refractivity contribution in [2.75, 3.05) is 18.4 Å². The number of carbonyl (C=O) groups excluding carboxylic acids is 1. The number of para-hydroxylation sites is 1. The molecule has 0 radical (unpaired) electrons. The van der Waals surface area contributed by atoms with Crippen LogP contribution in [0.2, 0.25) is 0 Å². The molecule has 4 nitrogen and oxygen atoms in total. The molecule has 4 heteroatoms. The molecule has 1 amide bonds. The van der Waals surface area contributed by atoms with Crippen LogP contribution in [0.3, 0.4) is 0 Å². The smallest absolute Gasteiger partial charge is 0.241 e. The molecule has 0 aliphatic carbocycles. The topological polar surface area (TPSA) is 58.4 Å². The summed E-state index contributed by atoms with van der Waals surface area (Å²) in [4.78, 5) is 14.7. The van der Waals surface area contributed by atoms with Crippen LogP contribution in [0.15, 0.2) is 24.3 Å². The molecular formula is C15H21N3O. The van der Waals surface area contributed by atoms with E-state index >= 15 is 0 Å². The van der Waals surface area contributed by atoms with Gasteiger partial charge >= 0.3 is 0 Å². The summed E-state index contributed by atoms with van der Waals surface area (Å²) in [6.45, 7) is 1.88. The predicted molar refractivity (Wildman–Crippen MR) is 76.0 cm³/mol. The lowest BCUT2D eigenvalue weighted by Crippen LogP contribution is -2.49. The monoisotopic (exact) mass is 259 g/mol. The predicted octanol–water partition coefficient (Wildman–Crippen LogP) is 1.36. The van der Waals surface area contributed by atoms with Gasteiger partial charge in [-0.1, -0.05) is 18.2 Å². The third-order valence-corrected chi connectivity index (χ3v) is 4.28. The number of anilines is 1. The van der Waals surface area contributed by atoms with E-state index in [-0.39, 0.29) is 11.9 Å². The Morgan fingerprint density at radius 2 is 1.89 bits per heavy atom. The van der Waals surface area contributed by atoms with Gasteiger partial charge in [-0.3, -0.25) is 9.69 Å². The fourth-order valence-corrected chi connectivity index (χ4v) is 3.08. The van der Waals surface area contributed by atoms with E-state index in [1.165, 1.54) is 5.56 Å². The lowest BCUT2D eigenvalue weighted by molar-refractivity contribution is -0.121. The lowest BCUT2D eigenvalue weighted by Gasteiger charge is -2.35. The molecule has 0 aromatic heterocycles. The van der Waals surface area contributed by atoms with Gasteiger partial charge in [-0.25, -0.2) is 0 Å². The van der Waals surface area contributed by atoms with Crippen molar-refractivity contribution in [3.8, 4) is 0 Å². The summed E-state index contributed by atoms with van der Waals surface area (Å²) in [6.07, 6.45) is 3.85. The number of hydrogen-bond donors (Lipinski definition) is 2. The molecule has 2 aliphatic heterocycles. The molecule has 0 spiro atoms. The van der Waals surface area contributed by atoms with E-state index in [2.05, 4.69) is 16.3 Å². The summed E-state index contributed by atoms with van der Waals surface area (Å²) in [5, 5.41) is 3.07. The standard InChI is InChI=1S/C15H21N3O/c16-12-7-9-18(10-8-12)14-6-5-11-3-1-2-4-13(11)17-15(14)19/h1-4,12,14H,5-10,16H2,(H,17,19)/t14-/m1/s1. The van der Waals surface area contributed by atoms with Crippen molar-refractivity contribution >= 4 is 11.6 Å². The largest absolute Gasteiger partial charge is 0.328 e. The van der Waals surface area contributed by atoms with Crippen LogP contribution in [0.25, 0.3) is 0 Å². The van der Waals surface area contributed by atoms with Gasteiger partial charge in [-0.15, -0.1) is 0 Å². The minimum Gasteiger partial charge on any atom is -0.328 e. The number of nitrogens with two attached hydrogens (primary N) is 1. The Balaban J connectivity index is 1.74. The van der Waals surface area contributed by atoms with Crippen molar-refractivity contribution < 1.29 is 4.79 Å². The van der Waals surface area contributed by atoms with E-state index in [9.17, 15) is 4.79 Å². The maximum Gasteiger partial charge on any atom is 0.241 e. The highest BCUT2D eigenvalue weighted by molar-refractivity contribution is 5.96. The first-order valence-electron chi connectivity index (χ1n) is 7.12. The maximum absolute atomic E-state index is 12.4. The van der Waals surface area contributed by atoms with Crippen LogP contribution in [-0.4, -0.2) is 36.0 Å². The number of likely N-dealkylation sites (tertiary alicyclic amines) is 1. The van der Waals surface area contributed by atoms with Crippen molar-refractivity contribution in [3.63, 3.8) is 0 Å². The molecule has 102 valence electrons. The molecule has 3 rings (SSSR count). The Kier molecular flexibility index (Phi) is 3.53. The number of aryl methyl sites for hydroxylation is 1. The SMILES string of the molecule is NC1CCN([C@@H]2CCc3ccccc3NC2=O)CC1. The maximum atomic E-state index is 12.4. The molecule has 19 heavy (non-hydrogen) atoms. The minimum absolute atomic E-state index is 0.0000926. The van der Waals surface area contributed by atoms with Crippen LogP contribution in [-0.2, 0) is 11.2 Å². The van der Waals surface area contributed by atoms with Crippen LogP contribution < -0.4 is 11.1 Å². The highest BCUT2D eigenvalue weighted by Gasteiger charge is 2.30. The summed E-state index contributed by atoms with van der Waals surface area (Å²) < 4.78 is 0. The summed E-state index contributed by atoms with van der Waals surface area (Å²) in [5.74, 6) is 0.139. The molecule has 0 bridgehead atoms. The van der Waals surface area contributed by atoms with Gasteiger partial charge in [0.25, 0.3) is 0 Å². The summed E-state index contributed by atoms with van der Waals surface area (Å²) in [7, 11) is 0. The van der Waals surface area contributed by atoms with Gasteiger partial charge in [0.15, 0.2) is 0 Å². The Morgan fingerprint density at radius 3 is 2.68 bits per heavy atom. The molecule has 2 aliphatic rings. The van der Waals surface area contributed by atoms with Crippen molar-refractivity contribution in [1.29, 1.82) is 0 Å². The second kappa shape index (κ2) is 5.31. The Morgan fingerprint density at radius 1 is 1.16 bits per heavy atom. The number of fused-ring (bicyclic) bond motifs is 1. The van der Waals surface area contributed by atoms with Gasteiger partial charge < -0.3 is 11.1 Å². The number of nitrogens with zero attached hydrogens (tertiary/aromatic N) is 1. The Bertz CT molecular complexity index is 466. The lowest BCUT2D eigenvalue weighted by atomic mass is 10.0. The van der Waals surface area contributed by atoms with Crippen LogP contribution in [0.1, 0.15) is 24.8 Å².